The molecule has 0 aliphatic carbocycles. The van der Waals surface area contributed by atoms with Crippen molar-refractivity contribution >= 4 is 92.2 Å². The average molecular weight is 1250 g/mol. The molecule has 38 nitrogen and oxygen atoms in total. The minimum Gasteiger partial charge on any atom is -0.445 e. The number of nitrogens with two attached hydrogens (primary N) is 3. The van der Waals surface area contributed by atoms with E-state index in [1.165, 1.54) is 52.9 Å². The van der Waals surface area contributed by atoms with Gasteiger partial charge in [0, 0.05) is 50.7 Å². The Kier molecular flexibility index (Phi) is 22.7. The largest absolute Gasteiger partial charge is 0.445 e. The molecular formula is C46H64N20O18P2. The van der Waals surface area contributed by atoms with Gasteiger partial charge in [0.25, 0.3) is 5.56 Å². The molecule has 7 rings (SSSR count). The first kappa shape index (κ1) is 65.0. The molecule has 0 bridgehead atoms. The molecule has 1 aromatic carbocycles. The Hall–Kier alpha value is -8.57. The molecule has 466 valence electrons. The van der Waals surface area contributed by atoms with Gasteiger partial charge in [-0.15, -0.1) is 0 Å². The van der Waals surface area contributed by atoms with Crippen LogP contribution in [0.3, 0.4) is 0 Å². The summed E-state index contributed by atoms with van der Waals surface area (Å²) in [5, 5.41) is 24.4. The number of carbonyl (C=O) groups is 6. The lowest BCUT2D eigenvalue weighted by molar-refractivity contribution is -0.131. The fraction of sp³-hybridized carbons (Fsp3) is 0.522. The number of imidazole rings is 2. The number of hydrogen-bond acceptors (Lipinski definition) is 25. The van der Waals surface area contributed by atoms with E-state index in [4.69, 9.17) is 55.3 Å². The van der Waals surface area contributed by atoms with E-state index in [2.05, 4.69) is 61.2 Å². The summed E-state index contributed by atoms with van der Waals surface area (Å²) in [5.74, 6) is -2.67. The van der Waals surface area contributed by atoms with Crippen LogP contribution in [0.4, 0.5) is 31.8 Å². The fourth-order valence-electron chi connectivity index (χ4n) is 8.78. The number of azide groups is 1. The molecule has 11 atom stereocenters. The molecule has 6 heterocycles. The van der Waals surface area contributed by atoms with Gasteiger partial charge in [0.05, 0.1) is 32.0 Å². The first-order valence-electron chi connectivity index (χ1n) is 26.2. The maximum Gasteiger partial charge on any atom is 0.410 e. The fourth-order valence-corrected chi connectivity index (χ4v) is 9.97. The maximum atomic E-state index is 14.0. The van der Waals surface area contributed by atoms with Gasteiger partial charge in [-0.3, -0.25) is 42.4 Å². The number of primary amides is 1. The number of carbonyl (C=O) groups excluding carboxylic acids is 6. The first-order chi connectivity index (χ1) is 41.0. The number of aromatic amines is 1. The Morgan fingerprint density at radius 1 is 0.919 bits per heavy atom. The molecule has 0 spiro atoms. The molecule has 5 aromatic rings. The lowest BCUT2D eigenvalue weighted by Gasteiger charge is -2.28. The number of nitrogens with one attached hydrogen (secondary N) is 5. The second kappa shape index (κ2) is 30.0. The van der Waals surface area contributed by atoms with Crippen molar-refractivity contribution in [2.75, 3.05) is 70.3 Å². The van der Waals surface area contributed by atoms with Crippen molar-refractivity contribution in [2.45, 2.75) is 94.8 Å². The molecule has 2 unspecified atom stereocenters. The number of anilines is 3. The lowest BCUT2D eigenvalue weighted by atomic mass is 10.0. The van der Waals surface area contributed by atoms with Crippen LogP contribution in [0.5, 0.6) is 0 Å². The predicted molar refractivity (Wildman–Crippen MR) is 298 cm³/mol. The third-order valence-electron chi connectivity index (χ3n) is 13.2. The molecule has 40 heteroatoms. The summed E-state index contributed by atoms with van der Waals surface area (Å²) >= 11 is 0. The van der Waals surface area contributed by atoms with E-state index < -0.39 is 139 Å². The summed E-state index contributed by atoms with van der Waals surface area (Å²) in [6.45, 7) is 1.19. The number of aliphatic hydroxyl groups excluding tert-OH is 1. The van der Waals surface area contributed by atoms with Crippen molar-refractivity contribution < 1.29 is 80.4 Å². The molecule has 2 aliphatic rings. The Labute approximate surface area is 487 Å². The smallest absolute Gasteiger partial charge is 0.410 e. The van der Waals surface area contributed by atoms with Gasteiger partial charge in [-0.05, 0) is 42.0 Å². The van der Waals surface area contributed by atoms with Crippen LogP contribution in [0.1, 0.15) is 51.1 Å². The molecule has 2 saturated heterocycles. The summed E-state index contributed by atoms with van der Waals surface area (Å²) < 4.78 is 68.4. The highest BCUT2D eigenvalue weighted by molar-refractivity contribution is 7.33. The van der Waals surface area contributed by atoms with Crippen LogP contribution >= 0.6 is 16.5 Å². The summed E-state index contributed by atoms with van der Waals surface area (Å²) in [6.07, 6.45) is -7.09. The van der Waals surface area contributed by atoms with Crippen LogP contribution in [0.25, 0.3) is 32.8 Å². The number of H-pyrrole nitrogens is 1. The van der Waals surface area contributed by atoms with E-state index in [0.717, 1.165) is 11.2 Å². The van der Waals surface area contributed by atoms with Crippen molar-refractivity contribution in [3.63, 3.8) is 0 Å². The highest BCUT2D eigenvalue weighted by Crippen LogP contribution is 2.42. The van der Waals surface area contributed by atoms with Crippen LogP contribution in [0.2, 0.25) is 0 Å². The number of rotatable bonds is 28. The maximum absolute atomic E-state index is 14.0. The van der Waals surface area contributed by atoms with Crippen LogP contribution in [0.15, 0.2) is 53.2 Å². The van der Waals surface area contributed by atoms with Crippen LogP contribution in [-0.2, 0) is 62.6 Å². The Morgan fingerprint density at radius 3 is 2.31 bits per heavy atom. The molecule has 0 radical (unpaired) electrons. The summed E-state index contributed by atoms with van der Waals surface area (Å²) in [4.78, 5) is 127. The molecule has 2 fully saturated rings. The number of hydrogen-bond donors (Lipinski definition) is 10. The molecular weight excluding hydrogens is 1180 g/mol. The topological polar surface area (TPSA) is 530 Å². The number of aromatic nitrogens is 8. The van der Waals surface area contributed by atoms with Gasteiger partial charge >= 0.3 is 34.7 Å². The van der Waals surface area contributed by atoms with Crippen LogP contribution < -0.4 is 44.0 Å². The number of benzene rings is 1. The molecule has 4 aromatic heterocycles. The lowest BCUT2D eigenvalue weighted by Crippen LogP contribution is -2.55. The number of nitrogen functional groups attached to an aromatic ring is 2. The minimum absolute atomic E-state index is 0.0190. The molecule has 86 heavy (non-hydrogen) atoms. The monoisotopic (exact) mass is 1250 g/mol. The van der Waals surface area contributed by atoms with Gasteiger partial charge < -0.3 is 90.8 Å². The Balaban J connectivity index is 0.958. The van der Waals surface area contributed by atoms with E-state index in [9.17, 15) is 52.7 Å². The van der Waals surface area contributed by atoms with Crippen molar-refractivity contribution in [3.05, 3.63) is 69.6 Å². The zero-order valence-corrected chi connectivity index (χ0v) is 48.4. The van der Waals surface area contributed by atoms with E-state index in [-0.39, 0.29) is 79.6 Å². The highest BCUT2D eigenvalue weighted by atomic mass is 31.1. The van der Waals surface area contributed by atoms with Crippen molar-refractivity contribution in [1.29, 1.82) is 0 Å². The molecule has 13 N–H and O–H groups in total. The number of amides is 7. The average Bonchev–Trinajstić information content (AvgIpc) is 1.98. The zero-order valence-electron chi connectivity index (χ0n) is 46.4. The van der Waals surface area contributed by atoms with E-state index in [1.54, 1.807) is 26.0 Å². The quantitative estimate of drug-likeness (QED) is 0.0103. The van der Waals surface area contributed by atoms with E-state index >= 15 is 0 Å². The molecule has 7 amide bonds. The standard InChI is InChI=1S/C46H64N20O18P2/c1-22(2)31(59-29(68)15-56-62-50)40(70)58-25(6-5-11-51-44(49)72)39(69)57-24-9-7-23(8-10-24)16-78-45(73)63(3)12-13-64(4)46(74)83-35-34(28(18-79-85(75)76)82-42(35)66-21-54-32-36(47)52-19-53-37(32)66)84-86(77)80-17-27-26(67)14-30(81-27)65-20-55-33-38(65)60-43(48)61-41(33)71/h7-10,19-22,25-28,30-31,34-35,42,67,85-86H,5-6,11-18H2,1-4H3,(H,57,69)(H,58,70)(H,59,68)(H,75,76)(H2,47,52,53)(H3,49,51,72)(H3,48,60,61,71)/t25-,26-,27+,28+,30+,31-,34+,35+,42+/m0/s1. The number of nitrogens with zero attached hydrogens (tertiary/aromatic N) is 12. The van der Waals surface area contributed by atoms with Crippen LogP contribution in [0, 0.1) is 5.92 Å². The van der Waals surface area contributed by atoms with E-state index in [0.29, 0.717) is 11.3 Å². The normalized spacial score (nSPS) is 20.5. The minimum atomic E-state index is -3.68. The Bertz CT molecular complexity index is 3400. The molecule has 0 saturated carbocycles. The van der Waals surface area contributed by atoms with E-state index in [1.807, 2.05) is 0 Å². The summed E-state index contributed by atoms with van der Waals surface area (Å²) in [7, 11) is -4.53. The van der Waals surface area contributed by atoms with Gasteiger partial charge in [0.2, 0.25) is 23.7 Å². The number of fused-ring (bicyclic) bond motifs is 2. The number of ether oxygens (including phenoxy) is 4. The van der Waals surface area contributed by atoms with Crippen molar-refractivity contribution in [1.82, 2.24) is 64.8 Å². The number of urea groups is 1. The van der Waals surface area contributed by atoms with Gasteiger partial charge in [0.1, 0.15) is 61.6 Å². The summed E-state index contributed by atoms with van der Waals surface area (Å²) in [6, 6.07) is 3.15. The predicted octanol–water partition coefficient (Wildman–Crippen LogP) is -0.112. The van der Waals surface area contributed by atoms with Gasteiger partial charge in [-0.2, -0.15) is 4.98 Å². The van der Waals surface area contributed by atoms with Gasteiger partial charge in [-0.25, -0.2) is 34.3 Å². The first-order valence-corrected chi connectivity index (χ1v) is 28.7. The Morgan fingerprint density at radius 2 is 1.62 bits per heavy atom. The van der Waals surface area contributed by atoms with Gasteiger partial charge in [0.15, 0.2) is 35.0 Å². The third kappa shape index (κ3) is 17.1. The SMILES string of the molecule is CC(C)[C@H](NC(=O)CN=[N+]=[N-])C(=O)N[C@@H](CCCNC(N)=O)C(=O)Nc1ccc(COC(=O)N(C)CCN(C)C(=O)O[C@@H]2[C@H](O[PH](=O)OC[C@H]3O[C@@H](n4cnc5c(=O)[nH]c(N)nc54)C[C@@H]3O)[C@@H](CO[PH](=O)O)O[C@H]2n2cnc3c(N)ncnc32)cc1. The zero-order chi connectivity index (χ0) is 62.4. The summed E-state index contributed by atoms with van der Waals surface area (Å²) in [5.41, 5.74) is 26.0. The van der Waals surface area contributed by atoms with Crippen molar-refractivity contribution in [2.24, 2.45) is 16.8 Å². The van der Waals surface area contributed by atoms with Crippen molar-refractivity contribution in [3.8, 4) is 0 Å². The highest BCUT2D eigenvalue weighted by Gasteiger charge is 2.51. The number of likely N-dealkylation sites (N-methyl/N-ethyl adjacent to an activating group) is 2. The second-order valence-corrected chi connectivity index (χ2v) is 21.5. The van der Waals surface area contributed by atoms with Crippen LogP contribution in [-0.4, -0.2) is 191 Å². The molecule has 2 aliphatic heterocycles. The second-order valence-electron chi connectivity index (χ2n) is 19.7. The van der Waals surface area contributed by atoms with Gasteiger partial charge in [-0.1, -0.05) is 31.1 Å². The number of aliphatic hydroxyl groups is 1. The third-order valence-corrected chi connectivity index (χ3v) is 14.5.